The molecular formula is C20H20ClN5O4S. The predicted octanol–water partition coefficient (Wildman–Crippen LogP) is 2.63. The van der Waals surface area contributed by atoms with Gasteiger partial charge >= 0.3 is 5.97 Å². The lowest BCUT2D eigenvalue weighted by molar-refractivity contribution is -0.137. The number of aliphatic carboxylic acids is 1. The minimum Gasteiger partial charge on any atom is -0.480 e. The Hall–Kier alpha value is -3.21. The van der Waals surface area contributed by atoms with Crippen molar-refractivity contribution in [1.29, 1.82) is 0 Å². The van der Waals surface area contributed by atoms with Crippen LogP contribution in [-0.2, 0) is 14.8 Å². The summed E-state index contributed by atoms with van der Waals surface area (Å²) < 4.78 is 27.9. The number of carboxylic acid groups (broad SMARTS) is 1. The van der Waals surface area contributed by atoms with E-state index in [2.05, 4.69) is 9.98 Å². The molecule has 0 bridgehead atoms. The normalized spacial score (nSPS) is 12.6. The molecule has 0 saturated heterocycles. The van der Waals surface area contributed by atoms with E-state index in [0.717, 1.165) is 4.31 Å². The van der Waals surface area contributed by atoms with Gasteiger partial charge in [0.25, 0.3) is 0 Å². The van der Waals surface area contributed by atoms with E-state index in [9.17, 15) is 18.3 Å². The average Bonchev–Trinajstić information content (AvgIpc) is 2.73. The highest BCUT2D eigenvalue weighted by Gasteiger charge is 2.32. The van der Waals surface area contributed by atoms with E-state index in [1.807, 2.05) is 0 Å². The Morgan fingerprint density at radius 1 is 1.19 bits per heavy atom. The second-order valence-electron chi connectivity index (χ2n) is 6.70. The summed E-state index contributed by atoms with van der Waals surface area (Å²) in [6.45, 7) is 0.908. The Balaban J connectivity index is 2.17. The predicted molar refractivity (Wildman–Crippen MR) is 119 cm³/mol. The smallest absolute Gasteiger partial charge is 0.318 e. The molecule has 1 heterocycles. The van der Waals surface area contributed by atoms with Gasteiger partial charge in [0.1, 0.15) is 6.54 Å². The van der Waals surface area contributed by atoms with Gasteiger partial charge in [0.15, 0.2) is 11.8 Å². The van der Waals surface area contributed by atoms with Gasteiger partial charge in [-0.15, -0.1) is 0 Å². The highest BCUT2D eigenvalue weighted by Crippen LogP contribution is 2.34. The van der Waals surface area contributed by atoms with Crippen LogP contribution in [0.3, 0.4) is 0 Å². The summed E-state index contributed by atoms with van der Waals surface area (Å²) in [6.07, 6.45) is 1.36. The molecule has 0 aliphatic carbocycles. The number of aromatic nitrogens is 1. The van der Waals surface area contributed by atoms with Crippen molar-refractivity contribution in [1.82, 2.24) is 9.29 Å². The number of guanidine groups is 1. The van der Waals surface area contributed by atoms with E-state index < -0.39 is 28.6 Å². The van der Waals surface area contributed by atoms with Gasteiger partial charge in [-0.2, -0.15) is 9.30 Å². The lowest BCUT2D eigenvalue weighted by Gasteiger charge is -2.27. The van der Waals surface area contributed by atoms with Crippen molar-refractivity contribution in [3.05, 3.63) is 65.3 Å². The number of hydrogen-bond donors (Lipinski definition) is 3. The molecule has 5 N–H and O–H groups in total. The number of fused-ring (bicyclic) bond motifs is 1. The van der Waals surface area contributed by atoms with Crippen molar-refractivity contribution in [2.24, 2.45) is 16.5 Å². The van der Waals surface area contributed by atoms with Crippen molar-refractivity contribution < 1.29 is 18.3 Å². The lowest BCUT2D eigenvalue weighted by Crippen LogP contribution is -2.37. The van der Waals surface area contributed by atoms with Crippen molar-refractivity contribution in [3.8, 4) is 0 Å². The number of halogens is 1. The second kappa shape index (κ2) is 8.88. The molecule has 0 fully saturated rings. The van der Waals surface area contributed by atoms with Crippen LogP contribution in [0.15, 0.2) is 64.6 Å². The van der Waals surface area contributed by atoms with Crippen LogP contribution < -0.4 is 11.5 Å². The Kier molecular flexibility index (Phi) is 6.44. The van der Waals surface area contributed by atoms with Gasteiger partial charge in [-0.05, 0) is 24.6 Å². The fourth-order valence-corrected chi connectivity index (χ4v) is 4.95. The van der Waals surface area contributed by atoms with Crippen LogP contribution >= 0.6 is 11.6 Å². The van der Waals surface area contributed by atoms with Crippen molar-refractivity contribution in [2.75, 3.05) is 6.54 Å². The van der Waals surface area contributed by atoms with Crippen molar-refractivity contribution in [3.63, 3.8) is 0 Å². The molecule has 2 aromatic carbocycles. The minimum absolute atomic E-state index is 0.0948. The van der Waals surface area contributed by atoms with Crippen LogP contribution in [0.1, 0.15) is 18.5 Å². The van der Waals surface area contributed by atoms with Gasteiger partial charge in [-0.25, -0.2) is 13.4 Å². The standard InChI is InChI=1S/C20H20ClN5O4S/c1-12(13-5-3-2-4-6-13)26(11-18(27)28)31(29,30)14-7-8-15-16(9-14)19(25-20(22)23)24-10-17(15)21/h2-10,12H,11H2,1H3,(H,27,28)(H4,22,23,24,25)/t12-/m1/s1. The Labute approximate surface area is 184 Å². The average molecular weight is 462 g/mol. The Bertz CT molecular complexity index is 1260. The highest BCUT2D eigenvalue weighted by molar-refractivity contribution is 7.89. The summed E-state index contributed by atoms with van der Waals surface area (Å²) in [5.74, 6) is -1.44. The number of aliphatic imine (C=N–C) groups is 1. The molecule has 0 saturated carbocycles. The number of nitrogens with zero attached hydrogens (tertiary/aromatic N) is 3. The van der Waals surface area contributed by atoms with Gasteiger partial charge < -0.3 is 16.6 Å². The molecule has 1 aromatic heterocycles. The molecule has 0 aliphatic heterocycles. The molecule has 9 nitrogen and oxygen atoms in total. The molecule has 11 heteroatoms. The topological polar surface area (TPSA) is 152 Å². The zero-order valence-electron chi connectivity index (χ0n) is 16.4. The van der Waals surface area contributed by atoms with E-state index in [1.54, 1.807) is 37.3 Å². The first kappa shape index (κ1) is 22.5. The molecule has 31 heavy (non-hydrogen) atoms. The van der Waals surface area contributed by atoms with Crippen LogP contribution in [-0.4, -0.2) is 41.3 Å². The first-order valence-electron chi connectivity index (χ1n) is 9.07. The maximum atomic E-state index is 13.5. The van der Waals surface area contributed by atoms with Gasteiger partial charge in [0, 0.05) is 23.0 Å². The Morgan fingerprint density at radius 2 is 1.87 bits per heavy atom. The van der Waals surface area contributed by atoms with Gasteiger partial charge in [0.2, 0.25) is 10.0 Å². The largest absolute Gasteiger partial charge is 0.480 e. The van der Waals surface area contributed by atoms with Crippen molar-refractivity contribution in [2.45, 2.75) is 17.9 Å². The number of carbonyl (C=O) groups is 1. The molecule has 3 rings (SSSR count). The summed E-state index contributed by atoms with van der Waals surface area (Å²) >= 11 is 6.18. The van der Waals surface area contributed by atoms with Gasteiger partial charge in [-0.1, -0.05) is 48.0 Å². The molecule has 0 unspecified atom stereocenters. The van der Waals surface area contributed by atoms with Gasteiger partial charge in [-0.3, -0.25) is 4.79 Å². The Morgan fingerprint density at radius 3 is 2.48 bits per heavy atom. The van der Waals surface area contributed by atoms with Crippen LogP contribution in [0, 0.1) is 0 Å². The number of carboxylic acids is 1. The summed E-state index contributed by atoms with van der Waals surface area (Å²) in [5, 5.41) is 10.5. The molecule has 3 aromatic rings. The third kappa shape index (κ3) is 4.76. The minimum atomic E-state index is -4.22. The molecule has 162 valence electrons. The summed E-state index contributed by atoms with van der Waals surface area (Å²) in [4.78, 5) is 19.3. The van der Waals surface area contributed by atoms with E-state index in [0.29, 0.717) is 16.3 Å². The number of nitrogens with two attached hydrogens (primary N) is 2. The maximum absolute atomic E-state index is 13.5. The molecule has 0 radical (unpaired) electrons. The van der Waals surface area contributed by atoms with Crippen molar-refractivity contribution >= 4 is 50.1 Å². The van der Waals surface area contributed by atoms with Gasteiger partial charge in [0.05, 0.1) is 9.92 Å². The van der Waals surface area contributed by atoms with E-state index in [-0.39, 0.29) is 21.7 Å². The molecule has 1 atom stereocenters. The summed E-state index contributed by atoms with van der Waals surface area (Å²) in [7, 11) is -4.22. The van der Waals surface area contributed by atoms with Crippen LogP contribution in [0.4, 0.5) is 5.82 Å². The fraction of sp³-hybridized carbons (Fsp3) is 0.150. The first-order valence-corrected chi connectivity index (χ1v) is 10.9. The zero-order chi connectivity index (χ0) is 22.8. The number of benzene rings is 2. The second-order valence-corrected chi connectivity index (χ2v) is 9.00. The number of pyridine rings is 1. The SMILES string of the molecule is C[C@H](c1ccccc1)N(CC(=O)O)S(=O)(=O)c1ccc2c(Cl)cnc(N=C(N)N)c2c1. The van der Waals surface area contributed by atoms with E-state index in [1.165, 1.54) is 24.4 Å². The molecular weight excluding hydrogens is 442 g/mol. The van der Waals surface area contributed by atoms with E-state index in [4.69, 9.17) is 23.1 Å². The highest BCUT2D eigenvalue weighted by atomic mass is 35.5. The molecule has 0 spiro atoms. The van der Waals surface area contributed by atoms with Crippen LogP contribution in [0.25, 0.3) is 10.8 Å². The summed E-state index contributed by atoms with van der Waals surface area (Å²) in [5.41, 5.74) is 11.5. The lowest BCUT2D eigenvalue weighted by atomic mass is 10.1. The third-order valence-corrected chi connectivity index (χ3v) is 6.85. The zero-order valence-corrected chi connectivity index (χ0v) is 18.0. The quantitative estimate of drug-likeness (QED) is 0.361. The third-order valence-electron chi connectivity index (χ3n) is 4.64. The molecule has 0 amide bonds. The monoisotopic (exact) mass is 461 g/mol. The number of sulfonamides is 1. The van der Waals surface area contributed by atoms with E-state index >= 15 is 0 Å². The van der Waals surface area contributed by atoms with Crippen LogP contribution in [0.2, 0.25) is 5.02 Å². The maximum Gasteiger partial charge on any atom is 0.318 e. The first-order chi connectivity index (χ1) is 14.6. The number of hydrogen-bond acceptors (Lipinski definition) is 5. The molecule has 0 aliphatic rings. The summed E-state index contributed by atoms with van der Waals surface area (Å²) in [6, 6.07) is 12.2. The van der Waals surface area contributed by atoms with Crippen LogP contribution in [0.5, 0.6) is 0 Å². The fourth-order valence-electron chi connectivity index (χ4n) is 3.14. The number of rotatable bonds is 7.